The van der Waals surface area contributed by atoms with Crippen LogP contribution in [0.2, 0.25) is 0 Å². The van der Waals surface area contributed by atoms with Crippen LogP contribution in [-0.4, -0.2) is 24.5 Å². The van der Waals surface area contributed by atoms with Gasteiger partial charge >= 0.3 is 5.97 Å². The number of benzene rings is 1. The van der Waals surface area contributed by atoms with Crippen molar-refractivity contribution in [1.29, 1.82) is 0 Å². The first kappa shape index (κ1) is 14.9. The summed E-state index contributed by atoms with van der Waals surface area (Å²) in [4.78, 5) is 15.8. The van der Waals surface area contributed by atoms with E-state index in [1.165, 1.54) is 0 Å². The molecule has 1 atom stereocenters. The molecule has 0 saturated heterocycles. The van der Waals surface area contributed by atoms with Crippen LogP contribution in [0.5, 0.6) is 0 Å². The van der Waals surface area contributed by atoms with Gasteiger partial charge in [-0.15, -0.1) is 0 Å². The minimum atomic E-state index is -3.97. The number of carbonyl (C=O) groups is 1. The minimum absolute atomic E-state index is 0.0692. The first-order valence-corrected chi connectivity index (χ1v) is 9.77. The fourth-order valence-electron chi connectivity index (χ4n) is 3.42. The molecule has 2 aromatic rings. The molecule has 23 heavy (non-hydrogen) atoms. The summed E-state index contributed by atoms with van der Waals surface area (Å²) in [5, 5.41) is 10.5. The molecule has 1 heterocycles. The Kier molecular flexibility index (Phi) is 3.19. The molecule has 0 radical (unpaired) electrons. The van der Waals surface area contributed by atoms with Gasteiger partial charge in [-0.25, -0.2) is 8.42 Å². The molecule has 4 rings (SSSR count). The Morgan fingerprint density at radius 2 is 2.00 bits per heavy atom. The summed E-state index contributed by atoms with van der Waals surface area (Å²) < 4.78 is 24.4. The summed E-state index contributed by atoms with van der Waals surface area (Å²) in [5.74, 6) is -1.12. The number of rotatable bonds is 3. The van der Waals surface area contributed by atoms with Gasteiger partial charge in [0.1, 0.15) is 0 Å². The number of hydrogen-bond donors (Lipinski definition) is 1. The van der Waals surface area contributed by atoms with E-state index >= 15 is 0 Å². The van der Waals surface area contributed by atoms with Gasteiger partial charge in [-0.2, -0.15) is 0 Å². The quantitative estimate of drug-likeness (QED) is 0.859. The molecule has 2 aliphatic carbocycles. The Hall–Kier alpha value is -1.66. The van der Waals surface area contributed by atoms with Gasteiger partial charge in [-0.1, -0.05) is 0 Å². The maximum atomic E-state index is 12.2. The second kappa shape index (κ2) is 4.92. The predicted octanol–water partition coefficient (Wildman–Crippen LogP) is 2.84. The van der Waals surface area contributed by atoms with Crippen molar-refractivity contribution in [3.05, 3.63) is 35.2 Å². The molecule has 1 N–H and O–H groups in total. The maximum Gasteiger partial charge on any atom is 0.307 e. The number of halogens is 1. The normalized spacial score (nSPS) is 20.7. The fourth-order valence-corrected chi connectivity index (χ4v) is 4.90. The zero-order valence-electron chi connectivity index (χ0n) is 12.1. The third-order valence-corrected chi connectivity index (χ3v) is 6.11. The van der Waals surface area contributed by atoms with Crippen molar-refractivity contribution in [2.45, 2.75) is 36.5 Å². The van der Waals surface area contributed by atoms with Crippen LogP contribution in [0.1, 0.15) is 35.6 Å². The van der Waals surface area contributed by atoms with Crippen LogP contribution >= 0.6 is 10.7 Å². The summed E-state index contributed by atoms with van der Waals surface area (Å²) in [6, 6.07) is 3.65. The number of nitrogens with zero attached hydrogens (tertiary/aromatic N) is 1. The molecule has 1 fully saturated rings. The lowest BCUT2D eigenvalue weighted by molar-refractivity contribution is -0.141. The Morgan fingerprint density at radius 1 is 1.26 bits per heavy atom. The zero-order chi connectivity index (χ0) is 16.4. The van der Waals surface area contributed by atoms with E-state index in [1.54, 1.807) is 12.3 Å². The maximum absolute atomic E-state index is 12.2. The average molecular weight is 352 g/mol. The summed E-state index contributed by atoms with van der Waals surface area (Å²) in [7, 11) is 1.73. The summed E-state index contributed by atoms with van der Waals surface area (Å²) in [6.07, 6.45) is 4.32. The van der Waals surface area contributed by atoms with E-state index in [2.05, 4.69) is 4.98 Å². The number of carboxylic acid groups (broad SMARTS) is 1. The third-order valence-electron chi connectivity index (χ3n) is 4.70. The van der Waals surface area contributed by atoms with Gasteiger partial charge in [0.05, 0.1) is 10.8 Å². The van der Waals surface area contributed by atoms with E-state index in [1.807, 2.05) is 6.07 Å². The molecule has 0 amide bonds. The number of aromatic nitrogens is 1. The summed E-state index contributed by atoms with van der Waals surface area (Å²) >= 11 is 0. The second-order valence-corrected chi connectivity index (χ2v) is 8.83. The van der Waals surface area contributed by atoms with Crippen LogP contribution in [-0.2, 0) is 26.7 Å². The lowest BCUT2D eigenvalue weighted by Crippen LogP contribution is -2.13. The van der Waals surface area contributed by atoms with E-state index in [4.69, 9.17) is 10.7 Å². The highest BCUT2D eigenvalue weighted by Gasteiger charge is 2.34. The average Bonchev–Trinajstić information content (AvgIpc) is 3.22. The Morgan fingerprint density at radius 3 is 2.61 bits per heavy atom. The van der Waals surface area contributed by atoms with Crippen molar-refractivity contribution in [3.63, 3.8) is 0 Å². The summed E-state index contributed by atoms with van der Waals surface area (Å²) in [5.41, 5.74) is 2.17. The zero-order valence-corrected chi connectivity index (χ0v) is 13.7. The smallest absolute Gasteiger partial charge is 0.307 e. The van der Waals surface area contributed by atoms with Gasteiger partial charge in [-0.05, 0) is 48.9 Å². The van der Waals surface area contributed by atoms with Gasteiger partial charge < -0.3 is 5.11 Å². The number of carboxylic acids is 1. The summed E-state index contributed by atoms with van der Waals surface area (Å²) in [6.45, 7) is 0. The Balaban J connectivity index is 2.00. The number of aliphatic carboxylic acids is 1. The molecular formula is C16H14ClNO4S. The van der Waals surface area contributed by atoms with Crippen molar-refractivity contribution in [3.8, 4) is 0 Å². The van der Waals surface area contributed by atoms with Crippen molar-refractivity contribution in [2.24, 2.45) is 5.92 Å². The van der Waals surface area contributed by atoms with Crippen LogP contribution in [0.3, 0.4) is 0 Å². The van der Waals surface area contributed by atoms with E-state index in [9.17, 15) is 18.3 Å². The predicted molar refractivity (Wildman–Crippen MR) is 85.3 cm³/mol. The van der Waals surface area contributed by atoms with E-state index < -0.39 is 20.9 Å². The van der Waals surface area contributed by atoms with Crippen LogP contribution in [0, 0.1) is 5.92 Å². The van der Waals surface area contributed by atoms with Crippen molar-refractivity contribution < 1.29 is 18.3 Å². The standard InChI is InChI=1S/C16H14ClNO4S/c17-23(21,22)15-12-5-10(16(19)20)3-9(12)4-11-7-18-14(6-13(11)15)8-1-2-8/h4,6-8,10H,1-3,5H2,(H,19,20). The topological polar surface area (TPSA) is 84.3 Å². The van der Waals surface area contributed by atoms with Gasteiger partial charge in [0.25, 0.3) is 9.05 Å². The molecule has 2 aliphatic rings. The van der Waals surface area contributed by atoms with E-state index in [-0.39, 0.29) is 11.3 Å². The Labute approximate surface area is 137 Å². The van der Waals surface area contributed by atoms with Crippen LogP contribution in [0.4, 0.5) is 0 Å². The minimum Gasteiger partial charge on any atom is -0.481 e. The van der Waals surface area contributed by atoms with Crippen molar-refractivity contribution in [1.82, 2.24) is 4.98 Å². The molecule has 1 aromatic carbocycles. The van der Waals surface area contributed by atoms with Crippen molar-refractivity contribution >= 4 is 36.5 Å². The van der Waals surface area contributed by atoms with E-state index in [0.717, 1.165) is 24.1 Å². The van der Waals surface area contributed by atoms with Crippen LogP contribution in [0.15, 0.2) is 23.2 Å². The van der Waals surface area contributed by atoms with Gasteiger partial charge in [0, 0.05) is 39.3 Å². The van der Waals surface area contributed by atoms with Crippen LogP contribution in [0.25, 0.3) is 10.8 Å². The van der Waals surface area contributed by atoms with Crippen molar-refractivity contribution in [2.75, 3.05) is 0 Å². The molecule has 1 aromatic heterocycles. The molecule has 1 unspecified atom stereocenters. The van der Waals surface area contributed by atoms with Gasteiger partial charge in [0.2, 0.25) is 0 Å². The third kappa shape index (κ3) is 2.50. The first-order valence-electron chi connectivity index (χ1n) is 7.46. The monoisotopic (exact) mass is 351 g/mol. The number of pyridine rings is 1. The van der Waals surface area contributed by atoms with Crippen LogP contribution < -0.4 is 0 Å². The lowest BCUT2D eigenvalue weighted by Gasteiger charge is -2.11. The molecule has 7 heteroatoms. The highest BCUT2D eigenvalue weighted by atomic mass is 35.7. The molecule has 0 bridgehead atoms. The molecule has 120 valence electrons. The fraction of sp³-hybridized carbons (Fsp3) is 0.375. The molecule has 0 aliphatic heterocycles. The highest BCUT2D eigenvalue weighted by molar-refractivity contribution is 8.14. The largest absolute Gasteiger partial charge is 0.481 e. The lowest BCUT2D eigenvalue weighted by atomic mass is 10.0. The first-order chi connectivity index (χ1) is 10.8. The Bertz CT molecular complexity index is 950. The molecular weight excluding hydrogens is 338 g/mol. The van der Waals surface area contributed by atoms with E-state index in [0.29, 0.717) is 28.7 Å². The molecule has 5 nitrogen and oxygen atoms in total. The number of fused-ring (bicyclic) bond motifs is 2. The highest BCUT2D eigenvalue weighted by Crippen LogP contribution is 2.43. The SMILES string of the molecule is O=C(O)C1Cc2cc3cnc(C4CC4)cc3c(S(=O)(=O)Cl)c2C1. The molecule has 0 spiro atoms. The second-order valence-electron chi connectivity index (χ2n) is 6.33. The van der Waals surface area contributed by atoms with Gasteiger partial charge in [0.15, 0.2) is 0 Å². The molecule has 1 saturated carbocycles. The number of hydrogen-bond acceptors (Lipinski definition) is 4. The van der Waals surface area contributed by atoms with Gasteiger partial charge in [-0.3, -0.25) is 9.78 Å².